The molecule has 0 fully saturated rings. The highest BCUT2D eigenvalue weighted by molar-refractivity contribution is 5.76. The van der Waals surface area contributed by atoms with E-state index in [1.165, 1.54) is 10.1 Å². The average Bonchev–Trinajstić information content (AvgIpc) is 2.93. The first-order valence-electron chi connectivity index (χ1n) is 8.13. The molecule has 0 unspecified atom stereocenters. The second-order valence-corrected chi connectivity index (χ2v) is 5.68. The summed E-state index contributed by atoms with van der Waals surface area (Å²) < 4.78 is 6.65. The molecule has 2 aromatic carbocycles. The van der Waals surface area contributed by atoms with E-state index in [4.69, 9.17) is 4.42 Å². The quantitative estimate of drug-likeness (QED) is 0.680. The highest BCUT2D eigenvalue weighted by Gasteiger charge is 2.10. The van der Waals surface area contributed by atoms with Gasteiger partial charge in [0.1, 0.15) is 0 Å². The molecule has 0 aliphatic carbocycles. The third-order valence-electron chi connectivity index (χ3n) is 3.94. The summed E-state index contributed by atoms with van der Waals surface area (Å²) in [5, 5.41) is 2.90. The largest absolute Gasteiger partial charge is 0.419 e. The summed E-state index contributed by atoms with van der Waals surface area (Å²) >= 11 is 0. The molecule has 0 aliphatic rings. The van der Waals surface area contributed by atoms with Gasteiger partial charge in [0.15, 0.2) is 5.58 Å². The van der Waals surface area contributed by atoms with Gasteiger partial charge in [0.2, 0.25) is 5.91 Å². The lowest BCUT2D eigenvalue weighted by Gasteiger charge is -2.06. The van der Waals surface area contributed by atoms with Gasteiger partial charge in [-0.05, 0) is 30.5 Å². The van der Waals surface area contributed by atoms with Crippen molar-refractivity contribution in [1.82, 2.24) is 9.88 Å². The first kappa shape index (κ1) is 16.1. The first-order valence-corrected chi connectivity index (χ1v) is 8.13. The van der Waals surface area contributed by atoms with Crippen LogP contribution in [0.15, 0.2) is 63.8 Å². The van der Waals surface area contributed by atoms with E-state index in [0.29, 0.717) is 18.7 Å². The number of fused-ring (bicyclic) bond motifs is 1. The molecular weight excluding hydrogens is 304 g/mol. The van der Waals surface area contributed by atoms with E-state index in [0.717, 1.165) is 18.4 Å². The lowest BCUT2D eigenvalue weighted by molar-refractivity contribution is -0.121. The third kappa shape index (κ3) is 3.93. The van der Waals surface area contributed by atoms with Gasteiger partial charge in [0, 0.05) is 19.5 Å². The lowest BCUT2D eigenvalue weighted by atomic mass is 10.1. The van der Waals surface area contributed by atoms with Gasteiger partial charge in [-0.1, -0.05) is 42.5 Å². The number of aryl methyl sites for hydroxylation is 2. The minimum atomic E-state index is -0.423. The van der Waals surface area contributed by atoms with Crippen molar-refractivity contribution in [3.8, 4) is 0 Å². The fourth-order valence-corrected chi connectivity index (χ4v) is 2.69. The normalized spacial score (nSPS) is 10.8. The maximum Gasteiger partial charge on any atom is 0.419 e. The molecule has 0 spiro atoms. The second kappa shape index (κ2) is 7.64. The Morgan fingerprint density at radius 1 is 1.04 bits per heavy atom. The Bertz CT molecular complexity index is 865. The zero-order chi connectivity index (χ0) is 16.8. The molecule has 3 aromatic rings. The summed E-state index contributed by atoms with van der Waals surface area (Å²) in [6.07, 6.45) is 2.09. The number of carbonyl (C=O) groups is 1. The van der Waals surface area contributed by atoms with Gasteiger partial charge in [-0.2, -0.15) is 0 Å². The van der Waals surface area contributed by atoms with Crippen LogP contribution in [0.25, 0.3) is 11.1 Å². The Balaban J connectivity index is 1.45. The topological polar surface area (TPSA) is 64.2 Å². The first-order chi connectivity index (χ1) is 11.7. The van der Waals surface area contributed by atoms with E-state index in [-0.39, 0.29) is 12.3 Å². The molecule has 24 heavy (non-hydrogen) atoms. The van der Waals surface area contributed by atoms with Crippen molar-refractivity contribution >= 4 is 17.0 Å². The summed E-state index contributed by atoms with van der Waals surface area (Å²) in [5.74, 6) is -0.478. The number of benzene rings is 2. The van der Waals surface area contributed by atoms with Crippen molar-refractivity contribution in [1.29, 1.82) is 0 Å². The van der Waals surface area contributed by atoms with Crippen LogP contribution < -0.4 is 11.1 Å². The molecule has 3 rings (SSSR count). The van der Waals surface area contributed by atoms with Gasteiger partial charge in [-0.15, -0.1) is 0 Å². The fraction of sp³-hybridized carbons (Fsp3) is 0.263. The van der Waals surface area contributed by atoms with Crippen molar-refractivity contribution in [2.24, 2.45) is 0 Å². The van der Waals surface area contributed by atoms with Crippen molar-refractivity contribution in [3.63, 3.8) is 0 Å². The van der Waals surface area contributed by atoms with E-state index in [2.05, 4.69) is 17.4 Å². The summed E-state index contributed by atoms with van der Waals surface area (Å²) in [4.78, 5) is 23.8. The highest BCUT2D eigenvalue weighted by Crippen LogP contribution is 2.11. The number of rotatable bonds is 7. The van der Waals surface area contributed by atoms with Gasteiger partial charge in [-0.25, -0.2) is 4.79 Å². The molecule has 0 radical (unpaired) electrons. The maximum atomic E-state index is 11.9. The summed E-state index contributed by atoms with van der Waals surface area (Å²) in [7, 11) is 0. The summed E-state index contributed by atoms with van der Waals surface area (Å²) in [6, 6.07) is 17.4. The van der Waals surface area contributed by atoms with Crippen LogP contribution in [-0.2, 0) is 17.8 Å². The minimum Gasteiger partial charge on any atom is -0.408 e. The van der Waals surface area contributed by atoms with Gasteiger partial charge in [0.05, 0.1) is 5.52 Å². The van der Waals surface area contributed by atoms with Crippen LogP contribution in [-0.4, -0.2) is 17.0 Å². The smallest absolute Gasteiger partial charge is 0.408 e. The molecular formula is C19H20N2O3. The molecule has 1 aromatic heterocycles. The molecule has 0 aliphatic heterocycles. The van der Waals surface area contributed by atoms with Crippen LogP contribution in [0.1, 0.15) is 18.4 Å². The molecule has 1 amide bonds. The second-order valence-electron chi connectivity index (χ2n) is 5.68. The van der Waals surface area contributed by atoms with Crippen LogP contribution in [0.3, 0.4) is 0 Å². The van der Waals surface area contributed by atoms with Crippen molar-refractivity contribution in [3.05, 3.63) is 70.7 Å². The third-order valence-corrected chi connectivity index (χ3v) is 3.94. The predicted octanol–water partition coefficient (Wildman–Crippen LogP) is 2.73. The number of nitrogens with zero attached hydrogens (tertiary/aromatic N) is 1. The van der Waals surface area contributed by atoms with Gasteiger partial charge in [-0.3, -0.25) is 9.36 Å². The molecule has 0 bridgehead atoms. The Morgan fingerprint density at radius 3 is 2.62 bits per heavy atom. The highest BCUT2D eigenvalue weighted by atomic mass is 16.4. The van der Waals surface area contributed by atoms with E-state index in [1.807, 2.05) is 36.4 Å². The number of hydrogen-bond acceptors (Lipinski definition) is 3. The monoisotopic (exact) mass is 324 g/mol. The standard InChI is InChI=1S/C19H20N2O3/c22-18(20-13-6-9-15-7-2-1-3-8-15)12-14-21-16-10-4-5-11-17(16)24-19(21)23/h1-5,7-8,10-11H,6,9,12-14H2,(H,20,22). The van der Waals surface area contributed by atoms with Crippen LogP contribution in [0.5, 0.6) is 0 Å². The molecule has 1 N–H and O–H groups in total. The van der Waals surface area contributed by atoms with Crippen molar-refractivity contribution in [2.45, 2.75) is 25.8 Å². The molecule has 0 saturated heterocycles. The van der Waals surface area contributed by atoms with Crippen LogP contribution >= 0.6 is 0 Å². The zero-order valence-electron chi connectivity index (χ0n) is 13.4. The van der Waals surface area contributed by atoms with Crippen LogP contribution in [0.4, 0.5) is 0 Å². The Morgan fingerprint density at radius 2 is 1.79 bits per heavy atom. The summed E-state index contributed by atoms with van der Waals surface area (Å²) in [6.45, 7) is 0.953. The molecule has 124 valence electrons. The summed E-state index contributed by atoms with van der Waals surface area (Å²) in [5.41, 5.74) is 2.54. The maximum absolute atomic E-state index is 11.9. The number of oxazole rings is 1. The predicted molar refractivity (Wildman–Crippen MR) is 92.9 cm³/mol. The zero-order valence-corrected chi connectivity index (χ0v) is 13.4. The van der Waals surface area contributed by atoms with Gasteiger partial charge >= 0.3 is 5.76 Å². The van der Waals surface area contributed by atoms with E-state index in [9.17, 15) is 9.59 Å². The molecule has 5 heteroatoms. The van der Waals surface area contributed by atoms with E-state index >= 15 is 0 Å². The lowest BCUT2D eigenvalue weighted by Crippen LogP contribution is -2.27. The SMILES string of the molecule is O=C(CCn1c(=O)oc2ccccc21)NCCCc1ccccc1. The molecule has 5 nitrogen and oxygen atoms in total. The number of hydrogen-bond donors (Lipinski definition) is 1. The molecule has 0 saturated carbocycles. The fourth-order valence-electron chi connectivity index (χ4n) is 2.69. The molecule has 0 atom stereocenters. The molecule has 1 heterocycles. The van der Waals surface area contributed by atoms with Gasteiger partial charge < -0.3 is 9.73 Å². The number of para-hydroxylation sites is 2. The number of nitrogens with one attached hydrogen (secondary N) is 1. The van der Waals surface area contributed by atoms with Crippen LogP contribution in [0, 0.1) is 0 Å². The Hall–Kier alpha value is -2.82. The van der Waals surface area contributed by atoms with E-state index in [1.54, 1.807) is 6.07 Å². The van der Waals surface area contributed by atoms with Crippen molar-refractivity contribution in [2.75, 3.05) is 6.54 Å². The minimum absolute atomic E-state index is 0.0553. The van der Waals surface area contributed by atoms with Crippen LogP contribution in [0.2, 0.25) is 0 Å². The van der Waals surface area contributed by atoms with Gasteiger partial charge in [0.25, 0.3) is 0 Å². The van der Waals surface area contributed by atoms with Crippen molar-refractivity contribution < 1.29 is 9.21 Å². The number of aromatic nitrogens is 1. The Kier molecular flexibility index (Phi) is 5.11. The average molecular weight is 324 g/mol. The Labute approximate surface area is 139 Å². The number of carbonyl (C=O) groups excluding carboxylic acids is 1. The number of amides is 1. The van der Waals surface area contributed by atoms with E-state index < -0.39 is 5.76 Å².